The SMILES string of the molecule is CCCCCC1(C)c2cccnc2N(c2ccccc2C)C[C@@H]1C. The number of hydrogen-bond donors (Lipinski definition) is 0. The topological polar surface area (TPSA) is 16.1 Å². The number of hydrogen-bond acceptors (Lipinski definition) is 2. The molecule has 24 heavy (non-hydrogen) atoms. The van der Waals surface area contributed by atoms with Crippen LogP contribution in [-0.2, 0) is 5.41 Å². The van der Waals surface area contributed by atoms with Crippen molar-refractivity contribution in [2.24, 2.45) is 5.92 Å². The van der Waals surface area contributed by atoms with Gasteiger partial charge in [-0.25, -0.2) is 4.98 Å². The van der Waals surface area contributed by atoms with Gasteiger partial charge in [0.25, 0.3) is 0 Å². The zero-order valence-corrected chi connectivity index (χ0v) is 15.5. The molecule has 0 bridgehead atoms. The first-order valence-electron chi connectivity index (χ1n) is 9.36. The smallest absolute Gasteiger partial charge is 0.136 e. The van der Waals surface area contributed by atoms with E-state index in [1.807, 2.05) is 6.20 Å². The van der Waals surface area contributed by atoms with Gasteiger partial charge in [0.1, 0.15) is 5.82 Å². The fourth-order valence-corrected chi connectivity index (χ4v) is 4.09. The second-order valence-electron chi connectivity index (χ2n) is 7.55. The van der Waals surface area contributed by atoms with Gasteiger partial charge in [-0.3, -0.25) is 0 Å². The van der Waals surface area contributed by atoms with E-state index in [4.69, 9.17) is 4.98 Å². The minimum absolute atomic E-state index is 0.220. The van der Waals surface area contributed by atoms with Crippen molar-refractivity contribution in [3.05, 3.63) is 53.7 Å². The average molecular weight is 322 g/mol. The molecule has 3 rings (SSSR count). The number of aryl methyl sites for hydroxylation is 1. The molecule has 0 saturated carbocycles. The zero-order chi connectivity index (χ0) is 17.2. The van der Waals surface area contributed by atoms with Gasteiger partial charge >= 0.3 is 0 Å². The monoisotopic (exact) mass is 322 g/mol. The molecule has 0 N–H and O–H groups in total. The molecule has 128 valence electrons. The molecule has 0 saturated heterocycles. The maximum Gasteiger partial charge on any atom is 0.136 e. The largest absolute Gasteiger partial charge is 0.326 e. The van der Waals surface area contributed by atoms with E-state index < -0.39 is 0 Å². The van der Waals surface area contributed by atoms with Crippen LogP contribution in [0.1, 0.15) is 57.6 Å². The van der Waals surface area contributed by atoms with Crippen molar-refractivity contribution in [1.82, 2.24) is 4.98 Å². The highest BCUT2D eigenvalue weighted by Gasteiger charge is 2.41. The third-order valence-electron chi connectivity index (χ3n) is 5.91. The fraction of sp³-hybridized carbons (Fsp3) is 0.500. The number of para-hydroxylation sites is 1. The van der Waals surface area contributed by atoms with Crippen molar-refractivity contribution in [3.63, 3.8) is 0 Å². The molecule has 1 aliphatic heterocycles. The molecule has 0 amide bonds. The molecule has 2 atom stereocenters. The summed E-state index contributed by atoms with van der Waals surface area (Å²) in [6.07, 6.45) is 7.09. The minimum atomic E-state index is 0.220. The van der Waals surface area contributed by atoms with E-state index in [-0.39, 0.29) is 5.41 Å². The van der Waals surface area contributed by atoms with E-state index in [9.17, 15) is 0 Å². The Kier molecular flexibility index (Phi) is 4.93. The summed E-state index contributed by atoms with van der Waals surface area (Å²) in [6.45, 7) is 10.4. The lowest BCUT2D eigenvalue weighted by atomic mass is 9.67. The summed E-state index contributed by atoms with van der Waals surface area (Å²) >= 11 is 0. The summed E-state index contributed by atoms with van der Waals surface area (Å²) in [7, 11) is 0. The highest BCUT2D eigenvalue weighted by molar-refractivity contribution is 5.68. The molecule has 0 aliphatic carbocycles. The first-order chi connectivity index (χ1) is 11.6. The molecule has 2 heterocycles. The molecule has 1 aliphatic rings. The summed E-state index contributed by atoms with van der Waals surface area (Å²) < 4.78 is 0. The summed E-state index contributed by atoms with van der Waals surface area (Å²) in [6, 6.07) is 13.1. The average Bonchev–Trinajstić information content (AvgIpc) is 2.59. The highest BCUT2D eigenvalue weighted by atomic mass is 15.2. The number of anilines is 2. The lowest BCUT2D eigenvalue weighted by Crippen LogP contribution is -2.44. The number of aromatic nitrogens is 1. The molecule has 1 aromatic carbocycles. The van der Waals surface area contributed by atoms with Gasteiger partial charge in [-0.15, -0.1) is 0 Å². The van der Waals surface area contributed by atoms with Crippen LogP contribution in [0.5, 0.6) is 0 Å². The Balaban J connectivity index is 2.03. The molecule has 2 heteroatoms. The molecule has 1 aromatic heterocycles. The number of pyridine rings is 1. The first-order valence-corrected chi connectivity index (χ1v) is 9.36. The number of nitrogens with zero attached hydrogens (tertiary/aromatic N) is 2. The van der Waals surface area contributed by atoms with Crippen LogP contribution in [0.4, 0.5) is 11.5 Å². The number of unbranched alkanes of at least 4 members (excludes halogenated alkanes) is 2. The Morgan fingerprint density at radius 3 is 2.71 bits per heavy atom. The Bertz CT molecular complexity index is 694. The van der Waals surface area contributed by atoms with Crippen LogP contribution in [0.15, 0.2) is 42.6 Å². The van der Waals surface area contributed by atoms with Crippen LogP contribution in [0, 0.1) is 12.8 Å². The Morgan fingerprint density at radius 1 is 1.17 bits per heavy atom. The number of rotatable bonds is 5. The summed E-state index contributed by atoms with van der Waals surface area (Å²) in [5.41, 5.74) is 4.25. The predicted molar refractivity (Wildman–Crippen MR) is 103 cm³/mol. The standard InChI is InChI=1S/C22H30N2/c1-5-6-9-14-22(4)18(3)16-24(20-13-8-7-11-17(20)2)21-19(22)12-10-15-23-21/h7-8,10-13,15,18H,5-6,9,14,16H2,1-4H3/t18-,22?/m0/s1. The minimum Gasteiger partial charge on any atom is -0.326 e. The normalized spacial score (nSPS) is 23.2. The van der Waals surface area contributed by atoms with Crippen molar-refractivity contribution >= 4 is 11.5 Å². The van der Waals surface area contributed by atoms with Gasteiger partial charge in [0, 0.05) is 29.4 Å². The van der Waals surface area contributed by atoms with Gasteiger partial charge < -0.3 is 4.90 Å². The molecular formula is C22H30N2. The van der Waals surface area contributed by atoms with Gasteiger partial charge in [-0.05, 0) is 37.0 Å². The Morgan fingerprint density at radius 2 is 1.96 bits per heavy atom. The van der Waals surface area contributed by atoms with Crippen molar-refractivity contribution < 1.29 is 0 Å². The maximum absolute atomic E-state index is 4.80. The van der Waals surface area contributed by atoms with E-state index in [2.05, 4.69) is 69.0 Å². The van der Waals surface area contributed by atoms with Crippen molar-refractivity contribution in [3.8, 4) is 0 Å². The molecule has 0 fully saturated rings. The van der Waals surface area contributed by atoms with Gasteiger partial charge in [0.05, 0.1) is 0 Å². The molecule has 0 radical (unpaired) electrons. The second kappa shape index (κ2) is 6.96. The third-order valence-corrected chi connectivity index (χ3v) is 5.91. The van der Waals surface area contributed by atoms with E-state index in [1.165, 1.54) is 42.5 Å². The van der Waals surface area contributed by atoms with Gasteiger partial charge in [0.2, 0.25) is 0 Å². The fourth-order valence-electron chi connectivity index (χ4n) is 4.09. The van der Waals surface area contributed by atoms with Gasteiger partial charge in [0.15, 0.2) is 0 Å². The molecular weight excluding hydrogens is 292 g/mol. The van der Waals surface area contributed by atoms with Crippen LogP contribution >= 0.6 is 0 Å². The summed E-state index contributed by atoms with van der Waals surface area (Å²) in [5, 5.41) is 0. The van der Waals surface area contributed by atoms with Crippen molar-refractivity contribution in [2.45, 2.75) is 58.8 Å². The summed E-state index contributed by atoms with van der Waals surface area (Å²) in [5.74, 6) is 1.76. The maximum atomic E-state index is 4.80. The quantitative estimate of drug-likeness (QED) is 0.626. The lowest BCUT2D eigenvalue weighted by Gasteiger charge is -2.46. The highest BCUT2D eigenvalue weighted by Crippen LogP contribution is 2.47. The number of fused-ring (bicyclic) bond motifs is 1. The van der Waals surface area contributed by atoms with Crippen LogP contribution < -0.4 is 4.90 Å². The summed E-state index contributed by atoms with van der Waals surface area (Å²) in [4.78, 5) is 7.23. The van der Waals surface area contributed by atoms with Crippen LogP contribution in [-0.4, -0.2) is 11.5 Å². The molecule has 0 spiro atoms. The Labute approximate surface area is 146 Å². The van der Waals surface area contributed by atoms with Crippen LogP contribution in [0.25, 0.3) is 0 Å². The lowest BCUT2D eigenvalue weighted by molar-refractivity contribution is 0.275. The van der Waals surface area contributed by atoms with E-state index >= 15 is 0 Å². The van der Waals surface area contributed by atoms with Crippen LogP contribution in [0.2, 0.25) is 0 Å². The molecule has 2 aromatic rings. The molecule has 1 unspecified atom stereocenters. The Hall–Kier alpha value is -1.83. The van der Waals surface area contributed by atoms with E-state index in [0.717, 1.165) is 12.4 Å². The first kappa shape index (κ1) is 17.0. The van der Waals surface area contributed by atoms with Crippen molar-refractivity contribution in [2.75, 3.05) is 11.4 Å². The van der Waals surface area contributed by atoms with Crippen molar-refractivity contribution in [1.29, 1.82) is 0 Å². The third kappa shape index (κ3) is 2.94. The number of benzene rings is 1. The van der Waals surface area contributed by atoms with E-state index in [1.54, 1.807) is 0 Å². The van der Waals surface area contributed by atoms with Crippen LogP contribution in [0.3, 0.4) is 0 Å². The van der Waals surface area contributed by atoms with Gasteiger partial charge in [-0.1, -0.05) is 64.3 Å². The predicted octanol–water partition coefficient (Wildman–Crippen LogP) is 6.02. The molecule has 2 nitrogen and oxygen atoms in total. The second-order valence-corrected chi connectivity index (χ2v) is 7.55. The van der Waals surface area contributed by atoms with Gasteiger partial charge in [-0.2, -0.15) is 0 Å². The zero-order valence-electron chi connectivity index (χ0n) is 15.5. The van der Waals surface area contributed by atoms with E-state index in [0.29, 0.717) is 5.92 Å².